The molecule has 0 spiro atoms. The fourth-order valence-corrected chi connectivity index (χ4v) is 4.28. The summed E-state index contributed by atoms with van der Waals surface area (Å²) in [6, 6.07) is 16.0. The Kier molecular flexibility index (Phi) is 5.67. The molecular weight excluding hydrogens is 344 g/mol. The number of amides is 2. The molecule has 2 amide bonds. The minimum Gasteiger partial charge on any atom is -0.326 e. The minimum atomic E-state index is -0.0820. The van der Waals surface area contributed by atoms with Crippen molar-refractivity contribution in [1.29, 1.82) is 0 Å². The molecular formula is C21H24N2O2S. The SMILES string of the molecule is Cc1ccc(NC(=O)CCN2C(=O)C(C)SC2c2ccc(C)cc2)cc1. The third kappa shape index (κ3) is 4.28. The van der Waals surface area contributed by atoms with Crippen LogP contribution in [0.3, 0.4) is 0 Å². The average molecular weight is 369 g/mol. The zero-order valence-electron chi connectivity index (χ0n) is 15.4. The molecule has 1 aliphatic heterocycles. The number of nitrogens with zero attached hydrogens (tertiary/aromatic N) is 1. The van der Waals surface area contributed by atoms with Crippen LogP contribution in [0.1, 0.15) is 35.4 Å². The molecule has 1 fully saturated rings. The summed E-state index contributed by atoms with van der Waals surface area (Å²) >= 11 is 1.64. The highest BCUT2D eigenvalue weighted by molar-refractivity contribution is 8.01. The lowest BCUT2D eigenvalue weighted by molar-refractivity contribution is -0.130. The van der Waals surface area contributed by atoms with Crippen molar-refractivity contribution >= 4 is 29.3 Å². The molecule has 0 radical (unpaired) electrons. The van der Waals surface area contributed by atoms with Crippen molar-refractivity contribution in [1.82, 2.24) is 4.90 Å². The highest BCUT2D eigenvalue weighted by Gasteiger charge is 2.38. The van der Waals surface area contributed by atoms with E-state index in [2.05, 4.69) is 29.6 Å². The van der Waals surface area contributed by atoms with E-state index < -0.39 is 0 Å². The Hall–Kier alpha value is -2.27. The van der Waals surface area contributed by atoms with E-state index in [1.54, 1.807) is 11.8 Å². The largest absolute Gasteiger partial charge is 0.326 e. The second kappa shape index (κ2) is 7.96. The maximum absolute atomic E-state index is 12.5. The molecule has 1 heterocycles. The Labute approximate surface area is 159 Å². The number of carbonyl (C=O) groups is 2. The monoisotopic (exact) mass is 368 g/mol. The number of hydrogen-bond donors (Lipinski definition) is 1. The van der Waals surface area contributed by atoms with Gasteiger partial charge in [-0.2, -0.15) is 0 Å². The number of carbonyl (C=O) groups excluding carboxylic acids is 2. The first-order valence-electron chi connectivity index (χ1n) is 8.83. The summed E-state index contributed by atoms with van der Waals surface area (Å²) < 4.78 is 0. The first-order chi connectivity index (χ1) is 12.4. The number of rotatable bonds is 5. The zero-order valence-corrected chi connectivity index (χ0v) is 16.2. The number of aryl methyl sites for hydroxylation is 2. The molecule has 0 bridgehead atoms. The minimum absolute atomic E-state index is 0.0229. The molecule has 0 aromatic heterocycles. The lowest BCUT2D eigenvalue weighted by Crippen LogP contribution is -2.33. The van der Waals surface area contributed by atoms with E-state index in [1.807, 2.05) is 49.9 Å². The number of thioether (sulfide) groups is 1. The van der Waals surface area contributed by atoms with Gasteiger partial charge >= 0.3 is 0 Å². The quantitative estimate of drug-likeness (QED) is 0.856. The van der Waals surface area contributed by atoms with E-state index in [4.69, 9.17) is 0 Å². The van der Waals surface area contributed by atoms with Gasteiger partial charge in [0.2, 0.25) is 11.8 Å². The normalized spacial score (nSPS) is 19.7. The predicted octanol–water partition coefficient (Wildman–Crippen LogP) is 4.29. The van der Waals surface area contributed by atoms with Crippen LogP contribution in [0, 0.1) is 13.8 Å². The maximum atomic E-state index is 12.5. The van der Waals surface area contributed by atoms with E-state index >= 15 is 0 Å². The van der Waals surface area contributed by atoms with Crippen molar-refractivity contribution in [3.05, 3.63) is 65.2 Å². The standard InChI is InChI=1S/C21H24N2O2S/c1-14-4-8-17(9-5-14)21-23(20(25)16(3)26-21)13-12-19(24)22-18-10-6-15(2)7-11-18/h4-11,16,21H,12-13H2,1-3H3,(H,22,24). The number of anilines is 1. The molecule has 3 rings (SSSR count). The van der Waals surface area contributed by atoms with Crippen LogP contribution in [0.4, 0.5) is 5.69 Å². The van der Waals surface area contributed by atoms with Crippen LogP contribution in [0.15, 0.2) is 48.5 Å². The van der Waals surface area contributed by atoms with Gasteiger partial charge in [-0.25, -0.2) is 0 Å². The summed E-state index contributed by atoms with van der Waals surface area (Å²) in [4.78, 5) is 26.6. The van der Waals surface area contributed by atoms with Gasteiger partial charge in [-0.05, 0) is 38.5 Å². The number of benzene rings is 2. The molecule has 2 aromatic carbocycles. The Morgan fingerprint density at radius 3 is 2.23 bits per heavy atom. The van der Waals surface area contributed by atoms with Crippen LogP contribution in [-0.2, 0) is 9.59 Å². The third-order valence-electron chi connectivity index (χ3n) is 4.52. The first kappa shape index (κ1) is 18.5. The Morgan fingerprint density at radius 2 is 1.62 bits per heavy atom. The zero-order chi connectivity index (χ0) is 18.7. The van der Waals surface area contributed by atoms with Gasteiger partial charge in [0.15, 0.2) is 0 Å². The third-order valence-corrected chi connectivity index (χ3v) is 5.92. The maximum Gasteiger partial charge on any atom is 0.236 e. The molecule has 4 nitrogen and oxygen atoms in total. The van der Waals surface area contributed by atoms with Gasteiger partial charge < -0.3 is 10.2 Å². The van der Waals surface area contributed by atoms with E-state index in [9.17, 15) is 9.59 Å². The smallest absolute Gasteiger partial charge is 0.236 e. The fraction of sp³-hybridized carbons (Fsp3) is 0.333. The second-order valence-electron chi connectivity index (χ2n) is 6.74. The van der Waals surface area contributed by atoms with Crippen molar-refractivity contribution in [2.24, 2.45) is 0 Å². The fourth-order valence-electron chi connectivity index (χ4n) is 2.97. The van der Waals surface area contributed by atoms with Crippen molar-refractivity contribution < 1.29 is 9.59 Å². The molecule has 5 heteroatoms. The Morgan fingerprint density at radius 1 is 1.04 bits per heavy atom. The van der Waals surface area contributed by atoms with E-state index in [0.29, 0.717) is 6.54 Å². The second-order valence-corrected chi connectivity index (χ2v) is 8.16. The van der Waals surface area contributed by atoms with E-state index in [1.165, 1.54) is 5.56 Å². The van der Waals surface area contributed by atoms with Crippen LogP contribution in [0.5, 0.6) is 0 Å². The van der Waals surface area contributed by atoms with Crippen LogP contribution in [0.2, 0.25) is 0 Å². The van der Waals surface area contributed by atoms with Crippen molar-refractivity contribution in [2.45, 2.75) is 37.8 Å². The molecule has 2 aromatic rings. The average Bonchev–Trinajstić information content (AvgIpc) is 2.90. The molecule has 2 unspecified atom stereocenters. The Balaban J connectivity index is 1.64. The number of nitrogens with one attached hydrogen (secondary N) is 1. The molecule has 2 atom stereocenters. The van der Waals surface area contributed by atoms with Gasteiger partial charge in [-0.15, -0.1) is 11.8 Å². The Bertz CT molecular complexity index is 787. The van der Waals surface area contributed by atoms with Gasteiger partial charge in [0, 0.05) is 18.7 Å². The molecule has 1 saturated heterocycles. The van der Waals surface area contributed by atoms with Gasteiger partial charge in [-0.1, -0.05) is 47.5 Å². The molecule has 136 valence electrons. The number of hydrogen-bond acceptors (Lipinski definition) is 3. The first-order valence-corrected chi connectivity index (χ1v) is 9.77. The highest BCUT2D eigenvalue weighted by Crippen LogP contribution is 2.42. The van der Waals surface area contributed by atoms with Gasteiger partial charge in [0.1, 0.15) is 5.37 Å². The predicted molar refractivity (Wildman–Crippen MR) is 107 cm³/mol. The van der Waals surface area contributed by atoms with Gasteiger partial charge in [0.05, 0.1) is 5.25 Å². The van der Waals surface area contributed by atoms with Gasteiger partial charge in [-0.3, -0.25) is 9.59 Å². The van der Waals surface area contributed by atoms with Crippen LogP contribution in [0.25, 0.3) is 0 Å². The van der Waals surface area contributed by atoms with E-state index in [-0.39, 0.29) is 28.9 Å². The van der Waals surface area contributed by atoms with Crippen LogP contribution >= 0.6 is 11.8 Å². The summed E-state index contributed by atoms with van der Waals surface area (Å²) in [7, 11) is 0. The summed E-state index contributed by atoms with van der Waals surface area (Å²) in [5.41, 5.74) is 4.24. The summed E-state index contributed by atoms with van der Waals surface area (Å²) in [5, 5.41) is 2.79. The van der Waals surface area contributed by atoms with E-state index in [0.717, 1.165) is 16.8 Å². The molecule has 0 saturated carbocycles. The topological polar surface area (TPSA) is 49.4 Å². The molecule has 0 aliphatic carbocycles. The van der Waals surface area contributed by atoms with Crippen LogP contribution < -0.4 is 5.32 Å². The summed E-state index contributed by atoms with van der Waals surface area (Å²) in [6.07, 6.45) is 0.287. The van der Waals surface area contributed by atoms with Gasteiger partial charge in [0.25, 0.3) is 0 Å². The van der Waals surface area contributed by atoms with Crippen LogP contribution in [-0.4, -0.2) is 28.5 Å². The summed E-state index contributed by atoms with van der Waals surface area (Å²) in [5.74, 6) is 0.0255. The molecule has 1 aliphatic rings. The molecule has 1 N–H and O–H groups in total. The lowest BCUT2D eigenvalue weighted by atomic mass is 10.1. The lowest BCUT2D eigenvalue weighted by Gasteiger charge is -2.24. The van der Waals surface area contributed by atoms with Crippen molar-refractivity contribution in [2.75, 3.05) is 11.9 Å². The summed E-state index contributed by atoms with van der Waals surface area (Å²) in [6.45, 7) is 6.41. The molecule has 26 heavy (non-hydrogen) atoms. The van der Waals surface area contributed by atoms with Crippen molar-refractivity contribution in [3.8, 4) is 0 Å². The van der Waals surface area contributed by atoms with Crippen molar-refractivity contribution in [3.63, 3.8) is 0 Å². The highest BCUT2D eigenvalue weighted by atomic mass is 32.2.